The second kappa shape index (κ2) is 28.0. The van der Waals surface area contributed by atoms with Crippen molar-refractivity contribution in [2.45, 2.75) is 148 Å². The Morgan fingerprint density at radius 2 is 0.988 bits per heavy atom. The molecule has 0 aromatic heterocycles. The average molecular weight is 1200 g/mol. The third-order valence-electron chi connectivity index (χ3n) is 13.5. The molecule has 0 bridgehead atoms. The van der Waals surface area contributed by atoms with Crippen molar-refractivity contribution in [1.29, 1.82) is 0 Å². The smallest absolute Gasteiger partial charge is 0.331 e. The van der Waals surface area contributed by atoms with Crippen LogP contribution in [-0.4, -0.2) is 173 Å². The number of esters is 10. The first-order valence-electron chi connectivity index (χ1n) is 26.4. The van der Waals surface area contributed by atoms with Gasteiger partial charge in [0.1, 0.15) is 31.0 Å². The number of ether oxygens (including phenoxy) is 18. The molecule has 16 atom stereocenters. The van der Waals surface area contributed by atoms with Crippen molar-refractivity contribution in [3.05, 3.63) is 72.0 Å². The Kier molecular flexibility index (Phi) is 21.1. The predicted octanol–water partition coefficient (Wildman–Crippen LogP) is 3.08. The summed E-state index contributed by atoms with van der Waals surface area (Å²) in [6, 6.07) is 8.84. The van der Waals surface area contributed by atoms with Crippen LogP contribution in [0.3, 0.4) is 0 Å². The van der Waals surface area contributed by atoms with Crippen LogP contribution >= 0.6 is 0 Å². The van der Waals surface area contributed by atoms with Crippen molar-refractivity contribution in [1.82, 2.24) is 0 Å². The number of hydrogen-bond acceptors (Lipinski definition) is 28. The predicted molar refractivity (Wildman–Crippen MR) is 279 cm³/mol. The Labute approximate surface area is 485 Å². The molecule has 3 saturated heterocycles. The molecule has 7 rings (SSSR count). The highest BCUT2D eigenvalue weighted by atomic mass is 16.8. The van der Waals surface area contributed by atoms with E-state index in [9.17, 15) is 47.9 Å². The number of fused-ring (bicyclic) bond motifs is 3. The van der Waals surface area contributed by atoms with Crippen LogP contribution in [-0.2, 0) is 114 Å². The molecule has 0 unspecified atom stereocenters. The van der Waals surface area contributed by atoms with Crippen molar-refractivity contribution in [2.75, 3.05) is 27.4 Å². The molecule has 1 aliphatic carbocycles. The molecule has 4 heterocycles. The average Bonchev–Trinajstić information content (AvgIpc) is 1.57. The van der Waals surface area contributed by atoms with Crippen LogP contribution in [0.1, 0.15) is 73.4 Å². The number of benzene rings is 2. The lowest BCUT2D eigenvalue weighted by molar-refractivity contribution is -0.349. The van der Waals surface area contributed by atoms with Gasteiger partial charge in [0.15, 0.2) is 65.9 Å². The second-order valence-electron chi connectivity index (χ2n) is 19.8. The van der Waals surface area contributed by atoms with Gasteiger partial charge in [-0.1, -0.05) is 12.1 Å². The summed E-state index contributed by atoms with van der Waals surface area (Å²) in [7, 11) is 2.69. The molecule has 0 N–H and O–H groups in total. The molecule has 2 aromatic carbocycles. The van der Waals surface area contributed by atoms with Crippen LogP contribution in [0, 0.1) is 11.8 Å². The molecule has 28 heteroatoms. The summed E-state index contributed by atoms with van der Waals surface area (Å²) in [6.07, 6.45) is -12.2. The fourth-order valence-electron chi connectivity index (χ4n) is 10.2. The first-order chi connectivity index (χ1) is 40.3. The van der Waals surface area contributed by atoms with Crippen LogP contribution < -0.4 is 18.9 Å². The second-order valence-corrected chi connectivity index (χ2v) is 19.8. The number of carbonyl (C=O) groups excluding carboxylic acids is 10. The fourth-order valence-corrected chi connectivity index (χ4v) is 10.2. The van der Waals surface area contributed by atoms with Gasteiger partial charge in [-0.25, -0.2) is 9.59 Å². The van der Waals surface area contributed by atoms with E-state index in [1.807, 2.05) is 0 Å². The van der Waals surface area contributed by atoms with Crippen LogP contribution in [0.4, 0.5) is 0 Å². The summed E-state index contributed by atoms with van der Waals surface area (Å²) in [5.74, 6) is -9.81. The van der Waals surface area contributed by atoms with Gasteiger partial charge in [-0.15, -0.1) is 0 Å². The molecule has 28 nitrogen and oxygen atoms in total. The van der Waals surface area contributed by atoms with Gasteiger partial charge in [0.2, 0.25) is 12.6 Å². The van der Waals surface area contributed by atoms with E-state index in [0.717, 1.165) is 53.7 Å². The zero-order valence-electron chi connectivity index (χ0n) is 47.9. The molecule has 4 fully saturated rings. The Balaban J connectivity index is 1.25. The molecule has 0 amide bonds. The first-order valence-corrected chi connectivity index (χ1v) is 26.4. The minimum absolute atomic E-state index is 0.0974. The lowest BCUT2D eigenvalue weighted by atomic mass is 9.85. The van der Waals surface area contributed by atoms with Crippen molar-refractivity contribution in [3.8, 4) is 23.0 Å². The van der Waals surface area contributed by atoms with Gasteiger partial charge < -0.3 is 85.3 Å². The molecule has 0 spiro atoms. The largest absolute Gasteiger partial charge is 0.493 e. The Morgan fingerprint density at radius 1 is 0.506 bits per heavy atom. The maximum absolute atomic E-state index is 14.2. The zero-order valence-corrected chi connectivity index (χ0v) is 47.9. The zero-order chi connectivity index (χ0) is 62.0. The lowest BCUT2D eigenvalue weighted by Crippen LogP contribution is -2.64. The summed E-state index contributed by atoms with van der Waals surface area (Å²) in [5.41, 5.74) is -0.772. The van der Waals surface area contributed by atoms with E-state index in [2.05, 4.69) is 0 Å². The van der Waals surface area contributed by atoms with E-state index in [1.54, 1.807) is 6.08 Å². The van der Waals surface area contributed by atoms with E-state index < -0.39 is 170 Å². The van der Waals surface area contributed by atoms with E-state index in [0.29, 0.717) is 11.1 Å². The molecular weight excluding hydrogens is 1130 g/mol. The molecule has 0 radical (unpaired) electrons. The van der Waals surface area contributed by atoms with E-state index in [-0.39, 0.29) is 23.0 Å². The maximum Gasteiger partial charge on any atom is 0.331 e. The molecule has 1 saturated carbocycles. The molecule has 85 heavy (non-hydrogen) atoms. The highest BCUT2D eigenvalue weighted by molar-refractivity contribution is 5.88. The Bertz CT molecular complexity index is 2970. The van der Waals surface area contributed by atoms with Crippen LogP contribution in [0.2, 0.25) is 0 Å². The van der Waals surface area contributed by atoms with Gasteiger partial charge >= 0.3 is 59.7 Å². The number of carbonyl (C=O) groups is 10. The van der Waals surface area contributed by atoms with Crippen molar-refractivity contribution in [2.24, 2.45) is 11.8 Å². The number of hydrogen-bond donors (Lipinski definition) is 0. The van der Waals surface area contributed by atoms with Crippen molar-refractivity contribution >= 4 is 71.8 Å². The topological polar surface area (TPSA) is 340 Å². The highest BCUT2D eigenvalue weighted by Gasteiger charge is 2.78. The van der Waals surface area contributed by atoms with Gasteiger partial charge in [-0.05, 0) is 60.5 Å². The van der Waals surface area contributed by atoms with Gasteiger partial charge in [0, 0.05) is 73.5 Å². The molecule has 5 aliphatic rings. The third kappa shape index (κ3) is 16.1. The normalized spacial score (nSPS) is 29.8. The Hall–Kier alpha value is -8.44. The summed E-state index contributed by atoms with van der Waals surface area (Å²) in [4.78, 5) is 127. The van der Waals surface area contributed by atoms with E-state index >= 15 is 0 Å². The summed E-state index contributed by atoms with van der Waals surface area (Å²) >= 11 is 0. The number of methoxy groups -OCH3 is 2. The summed E-state index contributed by atoms with van der Waals surface area (Å²) in [6.45, 7) is 9.37. The van der Waals surface area contributed by atoms with Gasteiger partial charge in [-0.2, -0.15) is 0 Å². The Morgan fingerprint density at radius 3 is 1.51 bits per heavy atom. The quantitative estimate of drug-likeness (QED) is 0.0537. The lowest BCUT2D eigenvalue weighted by Gasteiger charge is -2.46. The van der Waals surface area contributed by atoms with Gasteiger partial charge in [-0.3, -0.25) is 38.4 Å². The van der Waals surface area contributed by atoms with Crippen LogP contribution in [0.15, 0.2) is 60.9 Å². The monoisotopic (exact) mass is 1200 g/mol. The molecular formula is C57H64O28. The van der Waals surface area contributed by atoms with Gasteiger partial charge in [0.05, 0.1) is 38.6 Å². The van der Waals surface area contributed by atoms with Crippen LogP contribution in [0.5, 0.6) is 23.0 Å². The van der Waals surface area contributed by atoms with E-state index in [4.69, 9.17) is 85.3 Å². The van der Waals surface area contributed by atoms with Crippen LogP contribution in [0.25, 0.3) is 12.2 Å². The fraction of sp³-hybridized carbons (Fsp3) is 0.509. The molecule has 2 aromatic rings. The molecule has 460 valence electrons. The summed E-state index contributed by atoms with van der Waals surface area (Å²) < 4.78 is 105. The number of rotatable bonds is 22. The van der Waals surface area contributed by atoms with Crippen molar-refractivity contribution in [3.63, 3.8) is 0 Å². The minimum atomic E-state index is -1.80. The SMILES string of the molecule is COc1cc(/C=C/C(=O)O[C@@H]2[C@@H](OC(C)=O)[C@H](C)O[C@@H](O[C@H]3[C@@H]4C=CO[C@@H](O[C@@H]5O[C@H](COC(C)=O)[C@@H](OC(C)=O)[C@H](OC(C)=O)[C@H]5OC(C)=O)[C@@H]4[C@@]4(COC(C)=O)O[C@@H]34)[C@@H]2OC(=O)/C=C/c2ccc(OC(C)=O)c(OC)c2)ccc1OC(C)=O. The number of epoxide rings is 1. The maximum atomic E-state index is 14.2. The summed E-state index contributed by atoms with van der Waals surface area (Å²) in [5, 5.41) is 0. The first kappa shape index (κ1) is 64.1. The molecule has 4 aliphatic heterocycles. The minimum Gasteiger partial charge on any atom is -0.493 e. The standard InChI is InChI=1S/C57H64O28/c1-26-46(76-31(6)62)49(81-43(66)18-14-35-12-16-38(74-29(4)60)40(22-35)68-10)52(82-44(67)19-15-36-13-17-39(75-30(5)61)41(23-36)69-11)55(73-26)83-47-37-20-21-70-54(45(37)57(53(47)85-57)25-72-28(3)59)84-56-51(79-34(9)65)50(78-33(8)64)48(77-32(7)63)42(80-56)24-71-27(2)58/h12-23,26,37,42,45-56H,24-25H2,1-11H3/b18-14+,19-15+/t26-,37+,42+,45+,46-,47-,48+,49+,50-,51+,52+,53-,54-,55-,56-,57+/m0/s1. The van der Waals surface area contributed by atoms with E-state index in [1.165, 1.54) is 89.8 Å². The third-order valence-corrected chi connectivity index (χ3v) is 13.5. The van der Waals surface area contributed by atoms with Gasteiger partial charge in [0.25, 0.3) is 0 Å². The highest BCUT2D eigenvalue weighted by Crippen LogP contribution is 2.61. The van der Waals surface area contributed by atoms with Crippen molar-refractivity contribution < 1.29 is 133 Å².